The molecule has 1 aliphatic heterocycles. The third-order valence-electron chi connectivity index (χ3n) is 9.43. The molecule has 0 spiro atoms. The van der Waals surface area contributed by atoms with Crippen LogP contribution in [-0.4, -0.2) is 18.7 Å². The minimum atomic E-state index is -0.0546. The molecule has 3 heteroatoms. The average Bonchev–Trinajstić information content (AvgIpc) is 2.95. The van der Waals surface area contributed by atoms with Crippen LogP contribution >= 0.6 is 0 Å². The number of ether oxygens (including phenoxy) is 2. The second-order valence-corrected chi connectivity index (χ2v) is 10.6. The first-order chi connectivity index (χ1) is 13.4. The lowest BCUT2D eigenvalue weighted by atomic mass is 9.47. The van der Waals surface area contributed by atoms with Gasteiger partial charge in [-0.2, -0.15) is 0 Å². The fraction of sp³-hybridized carbons (Fsp3) is 0.800. The van der Waals surface area contributed by atoms with Crippen LogP contribution in [0.15, 0.2) is 23.0 Å². The van der Waals surface area contributed by atoms with Crippen molar-refractivity contribution in [2.75, 3.05) is 6.61 Å². The van der Waals surface area contributed by atoms with Gasteiger partial charge in [-0.05, 0) is 98.5 Å². The standard InChI is InChI=1S/C25H36O3/c1-5-27-22-13-16-12-21-19-7-6-17-14-18(26)8-10-24(17,3)20(19)9-11-25(21,4)23(16)15(2)28-22/h14,16,19-22H,5-13H2,1-4H3/t16-,19+,20-,21-,22-,24-,25-/m0/s1. The number of carbonyl (C=O) groups excluding carboxylic acids is 1. The number of hydrogen-bond donors (Lipinski definition) is 0. The molecule has 3 fully saturated rings. The molecule has 0 aromatic heterocycles. The van der Waals surface area contributed by atoms with Crippen molar-refractivity contribution in [3.63, 3.8) is 0 Å². The first kappa shape index (κ1) is 18.9. The molecule has 28 heavy (non-hydrogen) atoms. The second kappa shape index (κ2) is 6.45. The van der Waals surface area contributed by atoms with E-state index in [0.717, 1.165) is 55.8 Å². The van der Waals surface area contributed by atoms with Gasteiger partial charge in [-0.3, -0.25) is 4.79 Å². The lowest BCUT2D eigenvalue weighted by molar-refractivity contribution is -0.132. The fourth-order valence-corrected chi connectivity index (χ4v) is 8.27. The number of ketones is 1. The van der Waals surface area contributed by atoms with E-state index in [0.29, 0.717) is 17.1 Å². The first-order valence-corrected chi connectivity index (χ1v) is 11.6. The maximum atomic E-state index is 12.0. The van der Waals surface area contributed by atoms with E-state index in [-0.39, 0.29) is 11.7 Å². The molecule has 0 amide bonds. The molecular weight excluding hydrogens is 348 g/mol. The summed E-state index contributed by atoms with van der Waals surface area (Å²) in [6.07, 6.45) is 11.1. The topological polar surface area (TPSA) is 35.5 Å². The van der Waals surface area contributed by atoms with Crippen LogP contribution in [-0.2, 0) is 14.3 Å². The van der Waals surface area contributed by atoms with Gasteiger partial charge in [0.25, 0.3) is 0 Å². The molecule has 4 aliphatic carbocycles. The minimum Gasteiger partial charge on any atom is -0.470 e. The Labute approximate surface area is 169 Å². The smallest absolute Gasteiger partial charge is 0.199 e. The van der Waals surface area contributed by atoms with E-state index in [9.17, 15) is 4.79 Å². The Hall–Kier alpha value is -1.09. The van der Waals surface area contributed by atoms with E-state index in [4.69, 9.17) is 9.47 Å². The summed E-state index contributed by atoms with van der Waals surface area (Å²) in [5.74, 6) is 4.47. The predicted octanol–water partition coefficient (Wildman–Crippen LogP) is 5.80. The SMILES string of the molecule is CCO[C@@H]1C[C@@H]2C[C@H]3[C@@H]4CCC5=CC(=O)CC[C@]5(C)[C@H]4CC[C@]3(C)C2=C(C)O1. The molecule has 3 nitrogen and oxygen atoms in total. The summed E-state index contributed by atoms with van der Waals surface area (Å²) in [5, 5.41) is 0. The summed E-state index contributed by atoms with van der Waals surface area (Å²) >= 11 is 0. The summed E-state index contributed by atoms with van der Waals surface area (Å²) in [4.78, 5) is 12.0. The van der Waals surface area contributed by atoms with Crippen LogP contribution < -0.4 is 0 Å². The number of fused-ring (bicyclic) bond motifs is 7. The fourth-order valence-electron chi connectivity index (χ4n) is 8.27. The Morgan fingerprint density at radius 2 is 1.93 bits per heavy atom. The predicted molar refractivity (Wildman–Crippen MR) is 109 cm³/mol. The highest BCUT2D eigenvalue weighted by atomic mass is 16.7. The van der Waals surface area contributed by atoms with Crippen LogP contribution in [0.4, 0.5) is 0 Å². The molecule has 5 aliphatic rings. The highest BCUT2D eigenvalue weighted by molar-refractivity contribution is 5.91. The van der Waals surface area contributed by atoms with Gasteiger partial charge in [0, 0.05) is 19.4 Å². The second-order valence-electron chi connectivity index (χ2n) is 10.6. The maximum Gasteiger partial charge on any atom is 0.199 e. The Morgan fingerprint density at radius 1 is 1.11 bits per heavy atom. The maximum absolute atomic E-state index is 12.0. The van der Waals surface area contributed by atoms with Gasteiger partial charge in [0.15, 0.2) is 12.1 Å². The molecule has 154 valence electrons. The molecular formula is C25H36O3. The van der Waals surface area contributed by atoms with E-state index in [1.807, 2.05) is 6.08 Å². The van der Waals surface area contributed by atoms with Gasteiger partial charge in [-0.15, -0.1) is 0 Å². The van der Waals surface area contributed by atoms with Gasteiger partial charge < -0.3 is 9.47 Å². The first-order valence-electron chi connectivity index (χ1n) is 11.6. The largest absolute Gasteiger partial charge is 0.470 e. The zero-order chi connectivity index (χ0) is 19.7. The molecule has 5 rings (SSSR count). The summed E-state index contributed by atoms with van der Waals surface area (Å²) in [5.41, 5.74) is 3.66. The average molecular weight is 385 g/mol. The monoisotopic (exact) mass is 384 g/mol. The molecule has 3 saturated carbocycles. The highest BCUT2D eigenvalue weighted by Gasteiger charge is 2.60. The van der Waals surface area contributed by atoms with Crippen molar-refractivity contribution in [1.29, 1.82) is 0 Å². The zero-order valence-electron chi connectivity index (χ0n) is 18.1. The van der Waals surface area contributed by atoms with Gasteiger partial charge in [0.1, 0.15) is 0 Å². The summed E-state index contributed by atoms with van der Waals surface area (Å²) in [7, 11) is 0. The van der Waals surface area contributed by atoms with Gasteiger partial charge >= 0.3 is 0 Å². The van der Waals surface area contributed by atoms with Crippen LogP contribution in [0.3, 0.4) is 0 Å². The van der Waals surface area contributed by atoms with Crippen LogP contribution in [0.2, 0.25) is 0 Å². The van der Waals surface area contributed by atoms with E-state index in [1.165, 1.54) is 31.3 Å². The van der Waals surface area contributed by atoms with Gasteiger partial charge in [0.2, 0.25) is 0 Å². The van der Waals surface area contributed by atoms with Crippen molar-refractivity contribution in [3.8, 4) is 0 Å². The molecule has 0 saturated heterocycles. The van der Waals surface area contributed by atoms with Gasteiger partial charge in [-0.1, -0.05) is 19.4 Å². The highest BCUT2D eigenvalue weighted by Crippen LogP contribution is 2.69. The lowest BCUT2D eigenvalue weighted by Crippen LogP contribution is -2.49. The molecule has 0 unspecified atom stereocenters. The molecule has 0 aromatic rings. The van der Waals surface area contributed by atoms with Crippen LogP contribution in [0.1, 0.15) is 79.1 Å². The Morgan fingerprint density at radius 3 is 2.71 bits per heavy atom. The molecule has 0 radical (unpaired) electrons. The molecule has 0 bridgehead atoms. The molecule has 0 N–H and O–H groups in total. The zero-order valence-corrected chi connectivity index (χ0v) is 18.1. The quantitative estimate of drug-likeness (QED) is 0.603. The molecule has 1 heterocycles. The molecule has 7 atom stereocenters. The number of carbonyl (C=O) groups is 1. The Bertz CT molecular complexity index is 749. The van der Waals surface area contributed by atoms with Crippen molar-refractivity contribution >= 4 is 5.78 Å². The van der Waals surface area contributed by atoms with Crippen LogP contribution in [0.5, 0.6) is 0 Å². The van der Waals surface area contributed by atoms with E-state index < -0.39 is 0 Å². The minimum absolute atomic E-state index is 0.0546. The summed E-state index contributed by atoms with van der Waals surface area (Å²) < 4.78 is 12.1. The third kappa shape index (κ3) is 2.54. The van der Waals surface area contributed by atoms with E-state index in [1.54, 1.807) is 5.57 Å². The van der Waals surface area contributed by atoms with E-state index in [2.05, 4.69) is 27.7 Å². The Kier molecular flexibility index (Phi) is 4.36. The van der Waals surface area contributed by atoms with E-state index >= 15 is 0 Å². The van der Waals surface area contributed by atoms with Crippen LogP contribution in [0.25, 0.3) is 0 Å². The summed E-state index contributed by atoms with van der Waals surface area (Å²) in [6.45, 7) is 9.97. The number of rotatable bonds is 2. The van der Waals surface area contributed by atoms with Crippen molar-refractivity contribution in [3.05, 3.63) is 23.0 Å². The van der Waals surface area contributed by atoms with Crippen molar-refractivity contribution < 1.29 is 14.3 Å². The lowest BCUT2D eigenvalue weighted by Gasteiger charge is -2.57. The van der Waals surface area contributed by atoms with Crippen molar-refractivity contribution in [2.24, 2.45) is 34.5 Å². The number of hydrogen-bond acceptors (Lipinski definition) is 3. The normalized spacial score (nSPS) is 47.5. The third-order valence-corrected chi connectivity index (χ3v) is 9.43. The van der Waals surface area contributed by atoms with Crippen molar-refractivity contribution in [1.82, 2.24) is 0 Å². The van der Waals surface area contributed by atoms with Gasteiger partial charge in [-0.25, -0.2) is 0 Å². The van der Waals surface area contributed by atoms with Gasteiger partial charge in [0.05, 0.1) is 5.76 Å². The summed E-state index contributed by atoms with van der Waals surface area (Å²) in [6, 6.07) is 0. The van der Waals surface area contributed by atoms with Crippen LogP contribution in [0, 0.1) is 34.5 Å². The molecule has 0 aromatic carbocycles. The Balaban J connectivity index is 1.47. The number of allylic oxidation sites excluding steroid dienone is 3. The van der Waals surface area contributed by atoms with Crippen molar-refractivity contribution in [2.45, 2.75) is 85.4 Å².